The van der Waals surface area contributed by atoms with Crippen molar-refractivity contribution in [2.24, 2.45) is 11.3 Å². The fourth-order valence-electron chi connectivity index (χ4n) is 4.59. The van der Waals surface area contributed by atoms with Crippen molar-refractivity contribution in [2.45, 2.75) is 38.8 Å². The predicted molar refractivity (Wildman–Crippen MR) is 108 cm³/mol. The highest BCUT2D eigenvalue weighted by Crippen LogP contribution is 2.49. The second kappa shape index (κ2) is 6.75. The Labute approximate surface area is 164 Å². The lowest BCUT2D eigenvalue weighted by Gasteiger charge is -2.43. The third-order valence-corrected chi connectivity index (χ3v) is 5.86. The Balaban J connectivity index is 1.92. The molecule has 0 radical (unpaired) electrons. The highest BCUT2D eigenvalue weighted by atomic mass is 32.1. The van der Waals surface area contributed by atoms with Crippen molar-refractivity contribution >= 4 is 35.7 Å². The number of ketones is 1. The maximum Gasteiger partial charge on any atom is 0.237 e. The minimum absolute atomic E-state index is 0.0581. The molecule has 1 aliphatic carbocycles. The average Bonchev–Trinajstić information content (AvgIpc) is 3.09. The van der Waals surface area contributed by atoms with Gasteiger partial charge in [-0.25, -0.2) is 0 Å². The van der Waals surface area contributed by atoms with Gasteiger partial charge in [-0.05, 0) is 36.1 Å². The van der Waals surface area contributed by atoms with Gasteiger partial charge in [-0.15, -0.1) is 0 Å². The van der Waals surface area contributed by atoms with Gasteiger partial charge >= 0.3 is 0 Å². The molecule has 2 heterocycles. The molecule has 1 aliphatic heterocycles. The van der Waals surface area contributed by atoms with Gasteiger partial charge in [0.05, 0.1) is 29.3 Å². The number of thiol groups is 1. The van der Waals surface area contributed by atoms with E-state index in [1.807, 2.05) is 30.3 Å². The van der Waals surface area contributed by atoms with Crippen molar-refractivity contribution in [3.8, 4) is 0 Å². The van der Waals surface area contributed by atoms with Crippen molar-refractivity contribution < 1.29 is 14.0 Å². The van der Waals surface area contributed by atoms with Gasteiger partial charge in [0.15, 0.2) is 0 Å². The van der Waals surface area contributed by atoms with E-state index in [1.54, 1.807) is 17.2 Å². The highest BCUT2D eigenvalue weighted by Gasteiger charge is 2.50. The van der Waals surface area contributed by atoms with Gasteiger partial charge in [0.25, 0.3) is 0 Å². The molecule has 0 saturated heterocycles. The van der Waals surface area contributed by atoms with Crippen LogP contribution in [0, 0.1) is 11.3 Å². The van der Waals surface area contributed by atoms with Crippen LogP contribution in [0.2, 0.25) is 0 Å². The van der Waals surface area contributed by atoms with E-state index in [2.05, 4.69) is 31.8 Å². The number of nitrogens with zero attached hydrogens (tertiary/aromatic N) is 1. The molecule has 0 unspecified atom stereocenters. The molecule has 6 heteroatoms. The van der Waals surface area contributed by atoms with E-state index >= 15 is 0 Å². The summed E-state index contributed by atoms with van der Waals surface area (Å²) < 4.78 is 5.72. The lowest BCUT2D eigenvalue weighted by molar-refractivity contribution is -0.129. The molecule has 1 fully saturated rings. The predicted octanol–water partition coefficient (Wildman–Crippen LogP) is 4.08. The Morgan fingerprint density at radius 2 is 2.07 bits per heavy atom. The number of nitrogens with one attached hydrogen (secondary N) is 1. The first kappa shape index (κ1) is 18.2. The third kappa shape index (κ3) is 3.16. The number of carbonyl (C=O) groups excluding carboxylic acids is 2. The zero-order valence-corrected chi connectivity index (χ0v) is 16.4. The van der Waals surface area contributed by atoms with Crippen LogP contribution in [0.5, 0.6) is 0 Å². The van der Waals surface area contributed by atoms with Crippen LogP contribution in [-0.4, -0.2) is 23.5 Å². The van der Waals surface area contributed by atoms with E-state index in [-0.39, 0.29) is 34.8 Å². The van der Waals surface area contributed by atoms with Crippen LogP contribution in [0.3, 0.4) is 0 Å². The zero-order chi connectivity index (χ0) is 19.2. The third-order valence-electron chi connectivity index (χ3n) is 5.59. The minimum atomic E-state index is -0.482. The summed E-state index contributed by atoms with van der Waals surface area (Å²) in [6, 6.07) is 10.8. The van der Waals surface area contributed by atoms with Crippen LogP contribution in [0.25, 0.3) is 0 Å². The molecular weight excluding hydrogens is 360 g/mol. The van der Waals surface area contributed by atoms with Crippen LogP contribution >= 0.6 is 12.6 Å². The molecule has 5 nitrogen and oxygen atoms in total. The Morgan fingerprint density at radius 1 is 1.30 bits per heavy atom. The van der Waals surface area contributed by atoms with E-state index in [4.69, 9.17) is 4.42 Å². The first-order valence-corrected chi connectivity index (χ1v) is 9.89. The van der Waals surface area contributed by atoms with Gasteiger partial charge in [-0.2, -0.15) is 12.6 Å². The molecule has 27 heavy (non-hydrogen) atoms. The van der Waals surface area contributed by atoms with E-state index in [0.717, 1.165) is 17.8 Å². The number of Topliss-reactive ketones (excluding diaryl/α,β-unsaturated/α-hetero) is 1. The number of fused-ring (bicyclic) bond motifs is 2. The van der Waals surface area contributed by atoms with Crippen LogP contribution < -0.4 is 10.2 Å². The summed E-state index contributed by atoms with van der Waals surface area (Å²) in [5.41, 5.74) is 1.54. The number of benzene rings is 1. The Kier molecular flexibility index (Phi) is 4.54. The van der Waals surface area contributed by atoms with Gasteiger partial charge in [-0.3, -0.25) is 14.5 Å². The van der Waals surface area contributed by atoms with Crippen LogP contribution in [-0.2, 0) is 9.59 Å². The Morgan fingerprint density at radius 3 is 2.78 bits per heavy atom. The molecule has 0 bridgehead atoms. The minimum Gasteiger partial charge on any atom is -0.467 e. The van der Waals surface area contributed by atoms with Crippen LogP contribution in [0.15, 0.2) is 47.1 Å². The highest BCUT2D eigenvalue weighted by molar-refractivity contribution is 7.81. The smallest absolute Gasteiger partial charge is 0.237 e. The number of furan rings is 1. The molecule has 3 atom stereocenters. The standard InChI is InChI=1S/C21H24N2O3S/c1-21(2)10-14-19(16(24)11-21)20(17-8-5-9-26-17)23(18(25)12-27)15-7-4-3-6-13(15)22-14/h3-9,14,19-20,22,27H,10-12H2,1-2H3/t14-,19+,20-/m0/s1. The van der Waals surface area contributed by atoms with E-state index in [1.165, 1.54) is 0 Å². The molecule has 0 spiro atoms. The molecule has 142 valence electrons. The van der Waals surface area contributed by atoms with Gasteiger partial charge in [-0.1, -0.05) is 26.0 Å². The topological polar surface area (TPSA) is 62.6 Å². The number of hydrogen-bond donors (Lipinski definition) is 2. The van der Waals surface area contributed by atoms with Gasteiger partial charge in [0.2, 0.25) is 5.91 Å². The van der Waals surface area contributed by atoms with Crippen LogP contribution in [0.1, 0.15) is 38.5 Å². The van der Waals surface area contributed by atoms with Gasteiger partial charge < -0.3 is 9.73 Å². The number of anilines is 2. The molecule has 2 aromatic rings. The van der Waals surface area contributed by atoms with Crippen molar-refractivity contribution in [1.29, 1.82) is 0 Å². The average molecular weight is 385 g/mol. The monoisotopic (exact) mass is 384 g/mol. The Bertz CT molecular complexity index is 862. The lowest BCUT2D eigenvalue weighted by atomic mass is 9.67. The number of amides is 1. The molecular formula is C21H24N2O3S. The second-order valence-corrected chi connectivity index (χ2v) is 8.50. The molecule has 1 aromatic carbocycles. The van der Waals surface area contributed by atoms with Crippen molar-refractivity contribution in [2.75, 3.05) is 16.0 Å². The first-order chi connectivity index (χ1) is 12.9. The zero-order valence-electron chi connectivity index (χ0n) is 15.5. The lowest BCUT2D eigenvalue weighted by Crippen LogP contribution is -2.50. The summed E-state index contributed by atoms with van der Waals surface area (Å²) in [6.07, 6.45) is 2.93. The SMILES string of the molecule is CC1(C)CC(=O)[C@H]2[C@H](C1)Nc1ccccc1N(C(=O)CS)[C@H]2c1ccco1. The van der Waals surface area contributed by atoms with Gasteiger partial charge in [0, 0.05) is 12.5 Å². The first-order valence-electron chi connectivity index (χ1n) is 9.26. The molecule has 4 rings (SSSR count). The number of para-hydroxylation sites is 2. The quantitative estimate of drug-likeness (QED) is 0.766. The molecule has 1 N–H and O–H groups in total. The molecule has 1 amide bonds. The molecule has 1 saturated carbocycles. The van der Waals surface area contributed by atoms with Crippen LogP contribution in [0.4, 0.5) is 11.4 Å². The largest absolute Gasteiger partial charge is 0.467 e. The fraction of sp³-hybridized carbons (Fsp3) is 0.429. The summed E-state index contributed by atoms with van der Waals surface area (Å²) in [6.45, 7) is 4.25. The second-order valence-electron chi connectivity index (χ2n) is 8.19. The number of rotatable bonds is 2. The number of hydrogen-bond acceptors (Lipinski definition) is 5. The summed E-state index contributed by atoms with van der Waals surface area (Å²) >= 11 is 4.23. The van der Waals surface area contributed by atoms with Gasteiger partial charge in [0.1, 0.15) is 17.6 Å². The summed E-state index contributed by atoms with van der Waals surface area (Å²) in [7, 11) is 0. The van der Waals surface area contributed by atoms with Crippen molar-refractivity contribution in [3.05, 3.63) is 48.4 Å². The Hall–Kier alpha value is -2.21. The summed E-state index contributed by atoms with van der Waals surface area (Å²) in [4.78, 5) is 27.9. The normalized spacial score (nSPS) is 26.6. The van der Waals surface area contributed by atoms with E-state index in [9.17, 15) is 9.59 Å². The number of carbonyl (C=O) groups is 2. The maximum atomic E-state index is 13.3. The molecule has 1 aromatic heterocycles. The van der Waals surface area contributed by atoms with Crippen molar-refractivity contribution in [3.63, 3.8) is 0 Å². The summed E-state index contributed by atoms with van der Waals surface area (Å²) in [5, 5.41) is 3.57. The summed E-state index contributed by atoms with van der Waals surface area (Å²) in [5.74, 6) is 0.331. The van der Waals surface area contributed by atoms with E-state index in [0.29, 0.717) is 12.2 Å². The van der Waals surface area contributed by atoms with E-state index < -0.39 is 6.04 Å². The molecule has 2 aliphatic rings. The van der Waals surface area contributed by atoms with Crippen molar-refractivity contribution in [1.82, 2.24) is 0 Å². The maximum absolute atomic E-state index is 13.3. The fourth-order valence-corrected chi connectivity index (χ4v) is 4.74.